The van der Waals surface area contributed by atoms with Crippen LogP contribution in [-0.4, -0.2) is 32.2 Å². The van der Waals surface area contributed by atoms with Crippen LogP contribution in [0.15, 0.2) is 36.4 Å². The van der Waals surface area contributed by atoms with E-state index in [0.29, 0.717) is 5.75 Å². The predicted molar refractivity (Wildman–Crippen MR) is 108 cm³/mol. The van der Waals surface area contributed by atoms with Crippen molar-refractivity contribution in [2.24, 2.45) is 0 Å². The van der Waals surface area contributed by atoms with Gasteiger partial charge in [0, 0.05) is 5.69 Å². The van der Waals surface area contributed by atoms with Crippen molar-refractivity contribution >= 4 is 17.6 Å². The van der Waals surface area contributed by atoms with E-state index in [-0.39, 0.29) is 17.2 Å². The van der Waals surface area contributed by atoms with Gasteiger partial charge in [-0.1, -0.05) is 38.1 Å². The zero-order chi connectivity index (χ0) is 20.8. The molecular weight excluding hydrogens is 358 g/mol. The van der Waals surface area contributed by atoms with Crippen molar-refractivity contribution in [2.75, 3.05) is 19.5 Å². The number of hydrogen-bond acceptors (Lipinski definition) is 5. The second-order valence-corrected chi connectivity index (χ2v) is 6.77. The highest BCUT2D eigenvalue weighted by molar-refractivity contribution is 5.99. The maximum Gasteiger partial charge on any atom is 0.342 e. The minimum atomic E-state index is -0.983. The molecule has 28 heavy (non-hydrogen) atoms. The van der Waals surface area contributed by atoms with Crippen molar-refractivity contribution in [3.63, 3.8) is 0 Å². The van der Waals surface area contributed by atoms with Gasteiger partial charge in [-0.05, 0) is 43.0 Å². The number of carbonyl (C=O) groups is 2. The highest BCUT2D eigenvalue weighted by atomic mass is 16.6. The van der Waals surface area contributed by atoms with Crippen LogP contribution in [0.4, 0.5) is 5.69 Å². The van der Waals surface area contributed by atoms with Crippen molar-refractivity contribution in [2.45, 2.75) is 39.7 Å². The summed E-state index contributed by atoms with van der Waals surface area (Å²) >= 11 is 0. The molecule has 1 N–H and O–H groups in total. The summed E-state index contributed by atoms with van der Waals surface area (Å²) in [4.78, 5) is 25.2. The topological polar surface area (TPSA) is 73.9 Å². The first kappa shape index (κ1) is 21.3. The minimum absolute atomic E-state index is 0.195. The fourth-order valence-corrected chi connectivity index (χ4v) is 2.89. The Balaban J connectivity index is 2.17. The monoisotopic (exact) mass is 385 g/mol. The molecule has 0 aliphatic heterocycles. The number of para-hydroxylation sites is 2. The molecule has 0 aromatic heterocycles. The number of esters is 1. The van der Waals surface area contributed by atoms with Crippen molar-refractivity contribution in [1.82, 2.24) is 0 Å². The van der Waals surface area contributed by atoms with Gasteiger partial charge in [0.05, 0.1) is 14.2 Å². The minimum Gasteiger partial charge on any atom is -0.493 e. The summed E-state index contributed by atoms with van der Waals surface area (Å²) in [6.45, 7) is 7.58. The van der Waals surface area contributed by atoms with E-state index in [1.165, 1.54) is 21.1 Å². The average Bonchev–Trinajstić information content (AvgIpc) is 2.68. The average molecular weight is 385 g/mol. The lowest BCUT2D eigenvalue weighted by Gasteiger charge is -2.19. The first-order chi connectivity index (χ1) is 13.3. The first-order valence-corrected chi connectivity index (χ1v) is 9.12. The van der Waals surface area contributed by atoms with Crippen LogP contribution >= 0.6 is 0 Å². The van der Waals surface area contributed by atoms with Crippen LogP contribution < -0.4 is 14.8 Å². The van der Waals surface area contributed by atoms with Gasteiger partial charge in [-0.3, -0.25) is 4.79 Å². The molecule has 0 aliphatic rings. The van der Waals surface area contributed by atoms with Crippen LogP contribution in [0.3, 0.4) is 0 Å². The van der Waals surface area contributed by atoms with Crippen LogP contribution in [0.25, 0.3) is 0 Å². The number of methoxy groups -OCH3 is 2. The molecule has 1 atom stereocenters. The molecule has 0 bridgehead atoms. The second-order valence-electron chi connectivity index (χ2n) is 6.77. The zero-order valence-corrected chi connectivity index (χ0v) is 17.2. The molecule has 6 nitrogen and oxygen atoms in total. The van der Waals surface area contributed by atoms with Crippen LogP contribution in [0, 0.1) is 6.92 Å². The largest absolute Gasteiger partial charge is 0.493 e. The Morgan fingerprint density at radius 1 is 0.964 bits per heavy atom. The lowest BCUT2D eigenvalue weighted by molar-refractivity contribution is -0.123. The molecule has 2 rings (SSSR count). The number of amides is 1. The Bertz CT molecular complexity index is 860. The quantitative estimate of drug-likeness (QED) is 0.719. The summed E-state index contributed by atoms with van der Waals surface area (Å²) in [5.41, 5.74) is 2.93. The molecule has 0 aliphatic carbocycles. The molecule has 0 unspecified atom stereocenters. The number of anilines is 1. The summed E-state index contributed by atoms with van der Waals surface area (Å²) < 4.78 is 15.8. The van der Waals surface area contributed by atoms with Gasteiger partial charge in [0.2, 0.25) is 0 Å². The van der Waals surface area contributed by atoms with E-state index in [2.05, 4.69) is 19.2 Å². The van der Waals surface area contributed by atoms with Gasteiger partial charge in [0.15, 0.2) is 17.6 Å². The Morgan fingerprint density at radius 2 is 1.64 bits per heavy atom. The van der Waals surface area contributed by atoms with E-state index >= 15 is 0 Å². The molecule has 0 heterocycles. The third-order valence-electron chi connectivity index (χ3n) is 4.45. The zero-order valence-electron chi connectivity index (χ0n) is 17.2. The third kappa shape index (κ3) is 4.63. The molecular formula is C22H27NO5. The van der Waals surface area contributed by atoms with Crippen molar-refractivity contribution < 1.29 is 23.8 Å². The summed E-state index contributed by atoms with van der Waals surface area (Å²) in [5.74, 6) is -0.132. The number of benzene rings is 2. The molecule has 2 aromatic rings. The molecule has 0 radical (unpaired) electrons. The van der Waals surface area contributed by atoms with E-state index in [1.54, 1.807) is 18.2 Å². The van der Waals surface area contributed by atoms with Crippen LogP contribution in [0.5, 0.6) is 11.5 Å². The SMILES string of the molecule is COc1cccc(C(=O)O[C@@H](C)C(=O)Nc2c(C)cccc2C(C)C)c1OC. The fraction of sp³-hybridized carbons (Fsp3) is 0.364. The lowest BCUT2D eigenvalue weighted by Crippen LogP contribution is -2.30. The number of carbonyl (C=O) groups excluding carboxylic acids is 2. The lowest BCUT2D eigenvalue weighted by atomic mass is 9.98. The summed E-state index contributed by atoms with van der Waals surface area (Å²) in [6, 6.07) is 10.8. The van der Waals surface area contributed by atoms with Gasteiger partial charge < -0.3 is 19.5 Å². The van der Waals surface area contributed by atoms with E-state index in [0.717, 1.165) is 16.8 Å². The van der Waals surface area contributed by atoms with Gasteiger partial charge in [-0.15, -0.1) is 0 Å². The molecule has 0 saturated carbocycles. The van der Waals surface area contributed by atoms with Crippen molar-refractivity contribution in [3.8, 4) is 11.5 Å². The first-order valence-electron chi connectivity index (χ1n) is 9.12. The Kier molecular flexibility index (Phi) is 7.04. The molecule has 6 heteroatoms. The molecule has 2 aromatic carbocycles. The second kappa shape index (κ2) is 9.26. The van der Waals surface area contributed by atoms with Crippen LogP contribution in [-0.2, 0) is 9.53 Å². The van der Waals surface area contributed by atoms with E-state index in [4.69, 9.17) is 14.2 Å². The predicted octanol–water partition coefficient (Wildman–Crippen LogP) is 4.32. The molecule has 0 spiro atoms. The summed E-state index contributed by atoms with van der Waals surface area (Å²) in [5, 5.41) is 2.90. The molecule has 0 fully saturated rings. The van der Waals surface area contributed by atoms with E-state index < -0.39 is 18.0 Å². The number of aryl methyl sites for hydroxylation is 1. The van der Waals surface area contributed by atoms with Gasteiger partial charge in [-0.25, -0.2) is 4.79 Å². The van der Waals surface area contributed by atoms with Crippen LogP contribution in [0.1, 0.15) is 48.2 Å². The number of ether oxygens (including phenoxy) is 3. The number of rotatable bonds is 7. The van der Waals surface area contributed by atoms with Crippen LogP contribution in [0.2, 0.25) is 0 Å². The molecule has 1 amide bonds. The Hall–Kier alpha value is -3.02. The normalized spacial score (nSPS) is 11.7. The Labute approximate surface area is 165 Å². The van der Waals surface area contributed by atoms with Gasteiger partial charge in [0.25, 0.3) is 5.91 Å². The summed E-state index contributed by atoms with van der Waals surface area (Å²) in [7, 11) is 2.92. The third-order valence-corrected chi connectivity index (χ3v) is 4.45. The standard InChI is InChI=1S/C22H27NO5/c1-13(2)16-10-7-9-14(3)19(16)23-21(24)15(4)28-22(25)17-11-8-12-18(26-5)20(17)27-6/h7-13,15H,1-6H3,(H,23,24)/t15-/m0/s1. The molecule has 0 saturated heterocycles. The van der Waals surface area contributed by atoms with Gasteiger partial charge in [0.1, 0.15) is 5.56 Å². The van der Waals surface area contributed by atoms with Gasteiger partial charge in [-0.2, -0.15) is 0 Å². The van der Waals surface area contributed by atoms with E-state index in [9.17, 15) is 9.59 Å². The van der Waals surface area contributed by atoms with Gasteiger partial charge >= 0.3 is 5.97 Å². The van der Waals surface area contributed by atoms with E-state index in [1.807, 2.05) is 25.1 Å². The number of nitrogens with one attached hydrogen (secondary N) is 1. The highest BCUT2D eigenvalue weighted by Gasteiger charge is 2.24. The maximum absolute atomic E-state index is 12.6. The Morgan fingerprint density at radius 3 is 2.25 bits per heavy atom. The number of hydrogen-bond donors (Lipinski definition) is 1. The highest BCUT2D eigenvalue weighted by Crippen LogP contribution is 2.31. The van der Waals surface area contributed by atoms with Crippen molar-refractivity contribution in [1.29, 1.82) is 0 Å². The maximum atomic E-state index is 12.6. The fourth-order valence-electron chi connectivity index (χ4n) is 2.89. The van der Waals surface area contributed by atoms with Crippen molar-refractivity contribution in [3.05, 3.63) is 53.1 Å². The molecule has 150 valence electrons. The summed E-state index contributed by atoms with van der Waals surface area (Å²) in [6.07, 6.45) is -0.983. The smallest absolute Gasteiger partial charge is 0.342 e.